The number of carboxylic acid groups (broad SMARTS) is 1. The fraction of sp³-hybridized carbons (Fsp3) is 0.417. The molecule has 0 aliphatic rings. The highest BCUT2D eigenvalue weighted by atomic mass is 35.5. The Balaban J connectivity index is 2.87. The molecule has 2 N–H and O–H groups in total. The molecule has 0 saturated heterocycles. The molecule has 1 atom stereocenters. The minimum Gasteiger partial charge on any atom is -0.481 e. The molecule has 106 valence electrons. The second-order valence-electron chi connectivity index (χ2n) is 4.47. The average Bonchev–Trinajstić information content (AvgIpc) is 2.28. The van der Waals surface area contributed by atoms with Crippen LogP contribution in [0, 0.1) is 11.8 Å². The van der Waals surface area contributed by atoms with E-state index in [-0.39, 0.29) is 22.4 Å². The van der Waals surface area contributed by atoms with Crippen LogP contribution in [0.3, 0.4) is 0 Å². The lowest BCUT2D eigenvalue weighted by Crippen LogP contribution is -2.35. The van der Waals surface area contributed by atoms with Gasteiger partial charge in [0.05, 0.1) is 10.9 Å². The first-order valence-corrected chi connectivity index (χ1v) is 7.59. The van der Waals surface area contributed by atoms with E-state index < -0.39 is 21.9 Å². The van der Waals surface area contributed by atoms with Crippen LogP contribution >= 0.6 is 11.6 Å². The van der Waals surface area contributed by atoms with Gasteiger partial charge in [0.1, 0.15) is 4.90 Å². The summed E-state index contributed by atoms with van der Waals surface area (Å²) in [6, 6.07) is 6.01. The van der Waals surface area contributed by atoms with Gasteiger partial charge in [0, 0.05) is 6.54 Å². The van der Waals surface area contributed by atoms with Gasteiger partial charge in [-0.3, -0.25) is 4.79 Å². The molecule has 0 aromatic heterocycles. The number of hydrogen-bond donors (Lipinski definition) is 2. The van der Waals surface area contributed by atoms with Gasteiger partial charge in [-0.25, -0.2) is 13.1 Å². The van der Waals surface area contributed by atoms with E-state index in [1.165, 1.54) is 12.1 Å². The maximum Gasteiger partial charge on any atom is 0.308 e. The van der Waals surface area contributed by atoms with Gasteiger partial charge in [0.2, 0.25) is 10.0 Å². The molecule has 0 saturated carbocycles. The number of hydrogen-bond acceptors (Lipinski definition) is 3. The number of sulfonamides is 1. The number of aliphatic carboxylic acids is 1. The topological polar surface area (TPSA) is 83.5 Å². The van der Waals surface area contributed by atoms with Crippen LogP contribution < -0.4 is 4.72 Å². The van der Waals surface area contributed by atoms with Crippen molar-refractivity contribution in [2.24, 2.45) is 11.8 Å². The summed E-state index contributed by atoms with van der Waals surface area (Å²) in [7, 11) is -3.80. The van der Waals surface area contributed by atoms with E-state index >= 15 is 0 Å². The Hall–Kier alpha value is -1.11. The molecule has 1 aromatic carbocycles. The van der Waals surface area contributed by atoms with Crippen molar-refractivity contribution in [2.75, 3.05) is 6.54 Å². The molecule has 0 bridgehead atoms. The van der Waals surface area contributed by atoms with Gasteiger partial charge >= 0.3 is 5.97 Å². The minimum atomic E-state index is -3.80. The van der Waals surface area contributed by atoms with Crippen LogP contribution in [0.4, 0.5) is 0 Å². The summed E-state index contributed by atoms with van der Waals surface area (Å²) in [6.45, 7) is 3.28. The highest BCUT2D eigenvalue weighted by Crippen LogP contribution is 2.20. The van der Waals surface area contributed by atoms with Crippen molar-refractivity contribution >= 4 is 27.6 Å². The summed E-state index contributed by atoms with van der Waals surface area (Å²) < 4.78 is 26.3. The molecule has 0 spiro atoms. The SMILES string of the molecule is CC(C)C(CNS(=O)(=O)c1ccccc1Cl)C(=O)O. The van der Waals surface area contributed by atoms with E-state index in [9.17, 15) is 13.2 Å². The summed E-state index contributed by atoms with van der Waals surface area (Å²) in [6.07, 6.45) is 0. The second kappa shape index (κ2) is 6.36. The Kier molecular flexibility index (Phi) is 5.34. The quantitative estimate of drug-likeness (QED) is 0.841. The maximum absolute atomic E-state index is 12.0. The van der Waals surface area contributed by atoms with Gasteiger partial charge in [0.15, 0.2) is 0 Å². The Morgan fingerprint density at radius 3 is 2.42 bits per heavy atom. The summed E-state index contributed by atoms with van der Waals surface area (Å²) in [5.74, 6) is -1.99. The third-order valence-electron chi connectivity index (χ3n) is 2.74. The summed E-state index contributed by atoms with van der Waals surface area (Å²) in [5.41, 5.74) is 0. The molecular weight excluding hydrogens is 290 g/mol. The molecule has 0 aliphatic carbocycles. The van der Waals surface area contributed by atoms with Gasteiger partial charge < -0.3 is 5.11 Å². The minimum absolute atomic E-state index is 0.0513. The molecule has 0 heterocycles. The van der Waals surface area contributed by atoms with Crippen LogP contribution in [0.1, 0.15) is 13.8 Å². The van der Waals surface area contributed by atoms with E-state index in [2.05, 4.69) is 4.72 Å². The van der Waals surface area contributed by atoms with E-state index in [1.54, 1.807) is 26.0 Å². The lowest BCUT2D eigenvalue weighted by molar-refractivity contribution is -0.142. The van der Waals surface area contributed by atoms with Gasteiger partial charge in [-0.05, 0) is 18.1 Å². The van der Waals surface area contributed by atoms with Crippen molar-refractivity contribution < 1.29 is 18.3 Å². The normalized spacial score (nSPS) is 13.5. The van der Waals surface area contributed by atoms with Crippen molar-refractivity contribution in [3.05, 3.63) is 29.3 Å². The number of rotatable bonds is 6. The standard InChI is InChI=1S/C12H16ClNO4S/c1-8(2)9(12(15)16)7-14-19(17,18)11-6-4-3-5-10(11)13/h3-6,8-9,14H,7H2,1-2H3,(H,15,16). The van der Waals surface area contributed by atoms with Crippen molar-refractivity contribution in [1.82, 2.24) is 4.72 Å². The van der Waals surface area contributed by atoms with Crippen molar-refractivity contribution in [3.8, 4) is 0 Å². The molecule has 0 aliphatic heterocycles. The monoisotopic (exact) mass is 305 g/mol. The number of halogens is 1. The lowest BCUT2D eigenvalue weighted by Gasteiger charge is -2.17. The third-order valence-corrected chi connectivity index (χ3v) is 4.66. The van der Waals surface area contributed by atoms with Crippen LogP contribution in [0.15, 0.2) is 29.2 Å². The lowest BCUT2D eigenvalue weighted by atomic mass is 9.97. The molecule has 19 heavy (non-hydrogen) atoms. The zero-order valence-corrected chi connectivity index (χ0v) is 12.2. The Bertz CT molecular complexity index is 557. The molecule has 1 aromatic rings. The Labute approximate surface area is 117 Å². The van der Waals surface area contributed by atoms with Crippen LogP contribution in [0.25, 0.3) is 0 Å². The summed E-state index contributed by atoms with van der Waals surface area (Å²) in [5, 5.41) is 9.11. The average molecular weight is 306 g/mol. The largest absolute Gasteiger partial charge is 0.481 e. The van der Waals surface area contributed by atoms with Crippen molar-refractivity contribution in [2.45, 2.75) is 18.7 Å². The molecule has 7 heteroatoms. The molecule has 5 nitrogen and oxygen atoms in total. The number of nitrogens with one attached hydrogen (secondary N) is 1. The predicted molar refractivity (Wildman–Crippen MR) is 72.6 cm³/mol. The highest BCUT2D eigenvalue weighted by molar-refractivity contribution is 7.89. The van der Waals surface area contributed by atoms with Gasteiger partial charge in [-0.15, -0.1) is 0 Å². The Morgan fingerprint density at radius 1 is 1.37 bits per heavy atom. The van der Waals surface area contributed by atoms with Crippen molar-refractivity contribution in [1.29, 1.82) is 0 Å². The van der Waals surface area contributed by atoms with E-state index in [1.807, 2.05) is 0 Å². The molecule has 0 radical (unpaired) electrons. The van der Waals surface area contributed by atoms with Crippen LogP contribution in [-0.4, -0.2) is 26.0 Å². The highest BCUT2D eigenvalue weighted by Gasteiger charge is 2.25. The molecule has 0 amide bonds. The van der Waals surface area contributed by atoms with Crippen LogP contribution in [0.5, 0.6) is 0 Å². The Morgan fingerprint density at radius 2 is 1.95 bits per heavy atom. The fourth-order valence-corrected chi connectivity index (χ4v) is 3.13. The van der Waals surface area contributed by atoms with Gasteiger partial charge in [-0.2, -0.15) is 0 Å². The number of benzene rings is 1. The molecule has 1 unspecified atom stereocenters. The zero-order valence-electron chi connectivity index (χ0n) is 10.6. The number of carbonyl (C=O) groups is 1. The van der Waals surface area contributed by atoms with Crippen LogP contribution in [0.2, 0.25) is 5.02 Å². The molecule has 0 fully saturated rings. The second-order valence-corrected chi connectivity index (χ2v) is 6.61. The molecular formula is C12H16ClNO4S. The molecule has 1 rings (SSSR count). The van der Waals surface area contributed by atoms with E-state index in [0.29, 0.717) is 0 Å². The van der Waals surface area contributed by atoms with Crippen LogP contribution in [-0.2, 0) is 14.8 Å². The first-order valence-electron chi connectivity index (χ1n) is 5.72. The number of carboxylic acids is 1. The van der Waals surface area contributed by atoms with Crippen molar-refractivity contribution in [3.63, 3.8) is 0 Å². The van der Waals surface area contributed by atoms with E-state index in [4.69, 9.17) is 16.7 Å². The first-order chi connectivity index (χ1) is 8.75. The summed E-state index contributed by atoms with van der Waals surface area (Å²) in [4.78, 5) is 10.9. The maximum atomic E-state index is 12.0. The third kappa shape index (κ3) is 4.19. The fourth-order valence-electron chi connectivity index (χ4n) is 1.55. The van der Waals surface area contributed by atoms with Gasteiger partial charge in [-0.1, -0.05) is 37.6 Å². The first kappa shape index (κ1) is 15.9. The smallest absolute Gasteiger partial charge is 0.308 e. The predicted octanol–water partition coefficient (Wildman–Crippen LogP) is 1.98. The van der Waals surface area contributed by atoms with E-state index in [0.717, 1.165) is 0 Å². The summed E-state index contributed by atoms with van der Waals surface area (Å²) >= 11 is 5.81. The van der Waals surface area contributed by atoms with Gasteiger partial charge in [0.25, 0.3) is 0 Å². The zero-order chi connectivity index (χ0) is 14.6.